The van der Waals surface area contributed by atoms with Gasteiger partial charge in [0.15, 0.2) is 0 Å². The van der Waals surface area contributed by atoms with Crippen LogP contribution in [0.2, 0.25) is 0 Å². The molecule has 0 radical (unpaired) electrons. The average molecular weight is 348 g/mol. The lowest BCUT2D eigenvalue weighted by molar-refractivity contribution is -0.170. The van der Waals surface area contributed by atoms with Crippen LogP contribution in [0.3, 0.4) is 0 Å². The van der Waals surface area contributed by atoms with E-state index < -0.39 is 0 Å². The molecule has 1 aromatic rings. The fraction of sp³-hybridized carbons (Fsp3) is 0.778. The van der Waals surface area contributed by atoms with Gasteiger partial charge in [0.05, 0.1) is 11.8 Å². The van der Waals surface area contributed by atoms with E-state index >= 15 is 0 Å². The summed E-state index contributed by atoms with van der Waals surface area (Å²) in [5, 5.41) is 7.24. The van der Waals surface area contributed by atoms with Crippen LogP contribution in [0.5, 0.6) is 0 Å². The second-order valence-corrected chi connectivity index (χ2v) is 7.52. The van der Waals surface area contributed by atoms with Crippen LogP contribution in [0.15, 0.2) is 16.9 Å². The monoisotopic (exact) mass is 348 g/mol. The van der Waals surface area contributed by atoms with E-state index in [9.17, 15) is 4.79 Å². The number of carbonyl (C=O) groups is 1. The van der Waals surface area contributed by atoms with E-state index in [1.54, 1.807) is 6.26 Å². The molecule has 2 heterocycles. The molecule has 138 valence electrons. The minimum Gasteiger partial charge on any atom is -0.378 e. The van der Waals surface area contributed by atoms with Gasteiger partial charge in [-0.1, -0.05) is 11.6 Å². The van der Waals surface area contributed by atoms with Crippen LogP contribution in [0, 0.1) is 5.41 Å². The number of piperazine rings is 1. The molecule has 25 heavy (non-hydrogen) atoms. The number of amides is 2. The van der Waals surface area contributed by atoms with Crippen LogP contribution in [0.4, 0.5) is 4.79 Å². The Morgan fingerprint density at radius 2 is 2.20 bits per heavy atom. The number of nitrogens with zero attached hydrogens (tertiary/aromatic N) is 3. The van der Waals surface area contributed by atoms with Gasteiger partial charge in [0.2, 0.25) is 0 Å². The van der Waals surface area contributed by atoms with Gasteiger partial charge in [0, 0.05) is 56.9 Å². The molecule has 0 bridgehead atoms. The lowest BCUT2D eigenvalue weighted by Gasteiger charge is -2.61. The zero-order valence-corrected chi connectivity index (χ0v) is 14.9. The van der Waals surface area contributed by atoms with E-state index in [2.05, 4.69) is 22.3 Å². The molecule has 0 aromatic carbocycles. The predicted molar refractivity (Wildman–Crippen MR) is 92.0 cm³/mol. The highest BCUT2D eigenvalue weighted by atomic mass is 16.5. The normalized spacial score (nSPS) is 28.4. The summed E-state index contributed by atoms with van der Waals surface area (Å²) in [5.41, 5.74) is 1.17. The summed E-state index contributed by atoms with van der Waals surface area (Å²) < 4.78 is 10.7. The molecule has 3 fully saturated rings. The highest BCUT2D eigenvalue weighted by Gasteiger charge is 2.59. The molecule has 7 heteroatoms. The fourth-order valence-electron chi connectivity index (χ4n) is 4.54. The van der Waals surface area contributed by atoms with E-state index in [1.165, 1.54) is 19.3 Å². The average Bonchev–Trinajstić information content (AvgIpc) is 3.06. The van der Waals surface area contributed by atoms with Gasteiger partial charge in [0.25, 0.3) is 0 Å². The molecule has 1 spiro atoms. The standard InChI is InChI=1S/C18H28N4O3/c1-2-24-16-12-15(18(16)5-3-6-18)19-17(23)22-9-7-21(8-10-22)13-14-4-11-25-20-14/h4,11,15-16H,2-3,5-10,12-13H2,1H3,(H,19,23). The van der Waals surface area contributed by atoms with Crippen molar-refractivity contribution in [3.05, 3.63) is 18.0 Å². The lowest BCUT2D eigenvalue weighted by atomic mass is 9.51. The molecule has 1 aromatic heterocycles. The van der Waals surface area contributed by atoms with E-state index in [1.807, 2.05) is 11.0 Å². The molecule has 4 rings (SSSR count). The van der Waals surface area contributed by atoms with Crippen molar-refractivity contribution in [2.75, 3.05) is 32.8 Å². The van der Waals surface area contributed by atoms with Gasteiger partial charge >= 0.3 is 6.03 Å². The summed E-state index contributed by atoms with van der Waals surface area (Å²) in [4.78, 5) is 16.9. The molecule has 2 amide bonds. The first-order valence-electron chi connectivity index (χ1n) is 9.50. The molecule has 2 atom stereocenters. The first kappa shape index (κ1) is 16.8. The SMILES string of the molecule is CCOC1CC(NC(=O)N2CCN(Cc3ccon3)CC2)C12CCC2. The minimum atomic E-state index is 0.0901. The van der Waals surface area contributed by atoms with Gasteiger partial charge in [-0.3, -0.25) is 4.90 Å². The number of rotatable bonds is 5. The quantitative estimate of drug-likeness (QED) is 0.879. The fourth-order valence-corrected chi connectivity index (χ4v) is 4.54. The van der Waals surface area contributed by atoms with E-state index in [0.717, 1.165) is 51.4 Å². The van der Waals surface area contributed by atoms with Crippen LogP contribution in [-0.4, -0.2) is 65.9 Å². The number of hydrogen-bond acceptors (Lipinski definition) is 5. The second-order valence-electron chi connectivity index (χ2n) is 7.52. The van der Waals surface area contributed by atoms with Crippen LogP contribution in [0.1, 0.15) is 38.3 Å². The largest absolute Gasteiger partial charge is 0.378 e. The highest BCUT2D eigenvalue weighted by molar-refractivity contribution is 5.75. The van der Waals surface area contributed by atoms with E-state index in [4.69, 9.17) is 9.26 Å². The second kappa shape index (κ2) is 6.96. The van der Waals surface area contributed by atoms with Crippen LogP contribution in [-0.2, 0) is 11.3 Å². The van der Waals surface area contributed by atoms with Crippen molar-refractivity contribution in [1.29, 1.82) is 0 Å². The molecule has 2 saturated carbocycles. The maximum atomic E-state index is 12.6. The van der Waals surface area contributed by atoms with Gasteiger partial charge in [-0.25, -0.2) is 4.79 Å². The molecular formula is C18H28N4O3. The Balaban J connectivity index is 1.24. The van der Waals surface area contributed by atoms with E-state index in [-0.39, 0.29) is 11.4 Å². The van der Waals surface area contributed by atoms with Crippen molar-refractivity contribution in [2.45, 2.75) is 51.3 Å². The number of aromatic nitrogens is 1. The summed E-state index contributed by atoms with van der Waals surface area (Å²) >= 11 is 0. The minimum absolute atomic E-state index is 0.0901. The lowest BCUT2D eigenvalue weighted by Crippen LogP contribution is -2.69. The number of ether oxygens (including phenoxy) is 1. The maximum absolute atomic E-state index is 12.6. The van der Waals surface area contributed by atoms with Crippen molar-refractivity contribution >= 4 is 6.03 Å². The van der Waals surface area contributed by atoms with Gasteiger partial charge in [-0.15, -0.1) is 0 Å². The molecule has 3 aliphatic rings. The Kier molecular flexibility index (Phi) is 4.69. The Morgan fingerprint density at radius 1 is 1.40 bits per heavy atom. The first-order chi connectivity index (χ1) is 12.2. The predicted octanol–water partition coefficient (Wildman–Crippen LogP) is 1.85. The van der Waals surface area contributed by atoms with Crippen LogP contribution in [0.25, 0.3) is 0 Å². The molecule has 7 nitrogen and oxygen atoms in total. The van der Waals surface area contributed by atoms with Crippen molar-refractivity contribution < 1.29 is 14.1 Å². The summed E-state index contributed by atoms with van der Waals surface area (Å²) in [6.45, 7) is 6.87. The van der Waals surface area contributed by atoms with Crippen molar-refractivity contribution in [2.24, 2.45) is 5.41 Å². The number of carbonyl (C=O) groups excluding carboxylic acids is 1. The smallest absolute Gasteiger partial charge is 0.317 e. The molecule has 1 N–H and O–H groups in total. The first-order valence-corrected chi connectivity index (χ1v) is 9.50. The number of hydrogen-bond donors (Lipinski definition) is 1. The Hall–Kier alpha value is -1.60. The third kappa shape index (κ3) is 3.15. The molecule has 1 saturated heterocycles. The Labute approximate surface area is 148 Å². The number of urea groups is 1. The zero-order valence-electron chi connectivity index (χ0n) is 14.9. The maximum Gasteiger partial charge on any atom is 0.317 e. The van der Waals surface area contributed by atoms with Gasteiger partial charge in [0.1, 0.15) is 6.26 Å². The van der Waals surface area contributed by atoms with Crippen molar-refractivity contribution in [3.8, 4) is 0 Å². The zero-order chi connectivity index (χ0) is 17.3. The highest BCUT2D eigenvalue weighted by Crippen LogP contribution is 2.57. The number of nitrogens with one attached hydrogen (secondary N) is 1. The van der Waals surface area contributed by atoms with Gasteiger partial charge < -0.3 is 19.5 Å². The van der Waals surface area contributed by atoms with Crippen LogP contribution < -0.4 is 5.32 Å². The molecule has 2 aliphatic carbocycles. The molecular weight excluding hydrogens is 320 g/mol. The summed E-state index contributed by atoms with van der Waals surface area (Å²) in [6, 6.07) is 2.27. The topological polar surface area (TPSA) is 70.8 Å². The van der Waals surface area contributed by atoms with Crippen molar-refractivity contribution in [3.63, 3.8) is 0 Å². The Bertz CT molecular complexity index is 579. The van der Waals surface area contributed by atoms with Crippen molar-refractivity contribution in [1.82, 2.24) is 20.3 Å². The molecule has 1 aliphatic heterocycles. The summed E-state index contributed by atoms with van der Waals surface area (Å²) in [6.07, 6.45) is 6.55. The Morgan fingerprint density at radius 3 is 2.80 bits per heavy atom. The third-order valence-corrected chi connectivity index (χ3v) is 6.27. The van der Waals surface area contributed by atoms with E-state index in [0.29, 0.717) is 12.1 Å². The summed E-state index contributed by atoms with van der Waals surface area (Å²) in [5.74, 6) is 0. The van der Waals surface area contributed by atoms with Gasteiger partial charge in [-0.2, -0.15) is 0 Å². The summed E-state index contributed by atoms with van der Waals surface area (Å²) in [7, 11) is 0. The molecule has 2 unspecified atom stereocenters. The van der Waals surface area contributed by atoms with Crippen LogP contribution >= 0.6 is 0 Å². The van der Waals surface area contributed by atoms with Gasteiger partial charge in [-0.05, 0) is 26.2 Å². The third-order valence-electron chi connectivity index (χ3n) is 6.27.